The second-order valence-electron chi connectivity index (χ2n) is 6.57. The molecule has 29 heavy (non-hydrogen) atoms. The fraction of sp³-hybridized carbons (Fsp3) is 0.364. The summed E-state index contributed by atoms with van der Waals surface area (Å²) in [6, 6.07) is 14.0. The normalized spacial score (nSPS) is 11.4. The van der Waals surface area contributed by atoms with Crippen LogP contribution in [0.3, 0.4) is 0 Å². The van der Waals surface area contributed by atoms with E-state index in [0.717, 1.165) is 5.56 Å². The van der Waals surface area contributed by atoms with Gasteiger partial charge in [0.05, 0.1) is 13.7 Å². The molecule has 0 radical (unpaired) electrons. The van der Waals surface area contributed by atoms with Crippen molar-refractivity contribution in [1.82, 2.24) is 10.2 Å². The predicted octanol–water partition coefficient (Wildman–Crippen LogP) is 3.67. The number of rotatable bonds is 10. The van der Waals surface area contributed by atoms with Crippen molar-refractivity contribution in [2.45, 2.75) is 32.4 Å². The summed E-state index contributed by atoms with van der Waals surface area (Å²) >= 11 is 5.86. The van der Waals surface area contributed by atoms with Gasteiger partial charge in [0.2, 0.25) is 11.8 Å². The average molecular weight is 419 g/mol. The number of hydrogen-bond acceptors (Lipinski definition) is 4. The maximum absolute atomic E-state index is 12.9. The number of carbonyl (C=O) groups is 2. The average Bonchev–Trinajstić information content (AvgIpc) is 2.75. The predicted molar refractivity (Wildman–Crippen MR) is 113 cm³/mol. The molecule has 0 unspecified atom stereocenters. The third-order valence-corrected chi connectivity index (χ3v) is 4.77. The van der Waals surface area contributed by atoms with Crippen LogP contribution in [0.5, 0.6) is 11.5 Å². The van der Waals surface area contributed by atoms with E-state index < -0.39 is 6.04 Å². The highest BCUT2D eigenvalue weighted by molar-refractivity contribution is 6.30. The van der Waals surface area contributed by atoms with E-state index in [-0.39, 0.29) is 18.2 Å². The molecule has 7 heteroatoms. The summed E-state index contributed by atoms with van der Waals surface area (Å²) < 4.78 is 10.9. The minimum Gasteiger partial charge on any atom is -0.497 e. The quantitative estimate of drug-likeness (QED) is 0.598. The number of nitrogens with zero attached hydrogens (tertiary/aromatic N) is 1. The minimum atomic E-state index is -0.587. The van der Waals surface area contributed by atoms with Crippen molar-refractivity contribution in [2.75, 3.05) is 20.8 Å². The Kier molecular flexibility index (Phi) is 8.80. The summed E-state index contributed by atoms with van der Waals surface area (Å²) in [6.07, 6.45) is 0.815. The standard InChI is InChI=1S/C22H27ClN2O4/c1-16(22(27)24-2)25(15-17-6-4-7-20(14-17)28-3)21(26)8-5-13-29-19-11-9-18(23)10-12-19/h4,6-7,9-12,14,16H,5,8,13,15H2,1-3H3,(H,24,27)/t16-/m0/s1. The first kappa shape index (κ1) is 22.6. The van der Waals surface area contributed by atoms with Gasteiger partial charge in [-0.05, 0) is 55.3 Å². The molecule has 1 N–H and O–H groups in total. The van der Waals surface area contributed by atoms with Gasteiger partial charge in [-0.15, -0.1) is 0 Å². The van der Waals surface area contributed by atoms with Crippen LogP contribution in [0.1, 0.15) is 25.3 Å². The molecule has 0 aromatic heterocycles. The summed E-state index contributed by atoms with van der Waals surface area (Å²) in [5.74, 6) is 1.09. The molecule has 6 nitrogen and oxygen atoms in total. The molecule has 0 saturated heterocycles. The van der Waals surface area contributed by atoms with Crippen molar-refractivity contribution in [1.29, 1.82) is 0 Å². The van der Waals surface area contributed by atoms with E-state index in [9.17, 15) is 9.59 Å². The Bertz CT molecular complexity index is 811. The van der Waals surface area contributed by atoms with Crippen molar-refractivity contribution in [3.8, 4) is 11.5 Å². The van der Waals surface area contributed by atoms with Crippen LogP contribution >= 0.6 is 11.6 Å². The van der Waals surface area contributed by atoms with Gasteiger partial charge in [0.25, 0.3) is 0 Å². The summed E-state index contributed by atoms with van der Waals surface area (Å²) in [4.78, 5) is 26.6. The number of amides is 2. The molecular formula is C22H27ClN2O4. The molecule has 156 valence electrons. The molecule has 0 spiro atoms. The third-order valence-electron chi connectivity index (χ3n) is 4.52. The maximum atomic E-state index is 12.9. The first-order chi connectivity index (χ1) is 13.9. The Morgan fingerprint density at radius 2 is 1.86 bits per heavy atom. The summed E-state index contributed by atoms with van der Waals surface area (Å²) in [6.45, 7) is 2.44. The maximum Gasteiger partial charge on any atom is 0.242 e. The largest absolute Gasteiger partial charge is 0.497 e. The third kappa shape index (κ3) is 6.98. The Morgan fingerprint density at radius 1 is 1.14 bits per heavy atom. The topological polar surface area (TPSA) is 67.9 Å². The lowest BCUT2D eigenvalue weighted by Crippen LogP contribution is -2.46. The van der Waals surface area contributed by atoms with Crippen LogP contribution in [-0.2, 0) is 16.1 Å². The minimum absolute atomic E-state index is 0.108. The lowest BCUT2D eigenvalue weighted by atomic mass is 10.1. The van der Waals surface area contributed by atoms with E-state index >= 15 is 0 Å². The van der Waals surface area contributed by atoms with E-state index in [0.29, 0.717) is 36.1 Å². The molecule has 0 saturated carbocycles. The molecule has 2 rings (SSSR count). The number of benzene rings is 2. The summed E-state index contributed by atoms with van der Waals surface area (Å²) in [7, 11) is 3.16. The van der Waals surface area contributed by atoms with Gasteiger partial charge in [-0.3, -0.25) is 9.59 Å². The smallest absolute Gasteiger partial charge is 0.242 e. The second-order valence-corrected chi connectivity index (χ2v) is 7.01. The number of likely N-dealkylation sites (N-methyl/N-ethyl adjacent to an activating group) is 1. The first-order valence-electron chi connectivity index (χ1n) is 9.47. The summed E-state index contributed by atoms with van der Waals surface area (Å²) in [5, 5.41) is 3.25. The molecule has 0 aliphatic carbocycles. The van der Waals surface area contributed by atoms with Crippen LogP contribution in [0.2, 0.25) is 5.02 Å². The van der Waals surface area contributed by atoms with Crippen LogP contribution in [0.25, 0.3) is 0 Å². The first-order valence-corrected chi connectivity index (χ1v) is 9.84. The SMILES string of the molecule is CNC(=O)[C@H](C)N(Cc1cccc(OC)c1)C(=O)CCCOc1ccc(Cl)cc1. The van der Waals surface area contributed by atoms with Crippen LogP contribution in [-0.4, -0.2) is 43.5 Å². The zero-order chi connectivity index (χ0) is 21.2. The van der Waals surface area contributed by atoms with Gasteiger partial charge in [0.15, 0.2) is 0 Å². The molecule has 2 aromatic rings. The van der Waals surface area contributed by atoms with Gasteiger partial charge in [0.1, 0.15) is 17.5 Å². The van der Waals surface area contributed by atoms with Gasteiger partial charge >= 0.3 is 0 Å². The lowest BCUT2D eigenvalue weighted by Gasteiger charge is -2.28. The van der Waals surface area contributed by atoms with Gasteiger partial charge < -0.3 is 19.7 Å². The van der Waals surface area contributed by atoms with Crippen molar-refractivity contribution in [3.05, 3.63) is 59.1 Å². The van der Waals surface area contributed by atoms with E-state index in [1.54, 1.807) is 50.2 Å². The highest BCUT2D eigenvalue weighted by Gasteiger charge is 2.25. The highest BCUT2D eigenvalue weighted by Crippen LogP contribution is 2.18. The molecule has 0 aliphatic rings. The van der Waals surface area contributed by atoms with E-state index in [1.165, 1.54) is 0 Å². The van der Waals surface area contributed by atoms with Crippen molar-refractivity contribution < 1.29 is 19.1 Å². The highest BCUT2D eigenvalue weighted by atomic mass is 35.5. The number of methoxy groups -OCH3 is 1. The van der Waals surface area contributed by atoms with Gasteiger partial charge in [-0.1, -0.05) is 23.7 Å². The molecular weight excluding hydrogens is 392 g/mol. The molecule has 0 fully saturated rings. The fourth-order valence-electron chi connectivity index (χ4n) is 2.85. The van der Waals surface area contributed by atoms with E-state index in [1.807, 2.05) is 24.3 Å². The monoisotopic (exact) mass is 418 g/mol. The number of ether oxygens (including phenoxy) is 2. The van der Waals surface area contributed by atoms with Gasteiger partial charge in [0, 0.05) is 25.0 Å². The molecule has 2 aromatic carbocycles. The van der Waals surface area contributed by atoms with E-state index in [2.05, 4.69) is 5.32 Å². The Morgan fingerprint density at radius 3 is 2.52 bits per heavy atom. The molecule has 0 heterocycles. The Labute approximate surface area is 176 Å². The Balaban J connectivity index is 1.97. The number of halogens is 1. The number of nitrogens with one attached hydrogen (secondary N) is 1. The molecule has 0 bridgehead atoms. The van der Waals surface area contributed by atoms with E-state index in [4.69, 9.17) is 21.1 Å². The van der Waals surface area contributed by atoms with Crippen molar-refractivity contribution in [2.24, 2.45) is 0 Å². The summed E-state index contributed by atoms with van der Waals surface area (Å²) in [5.41, 5.74) is 0.894. The molecule has 2 amide bonds. The number of carbonyl (C=O) groups excluding carboxylic acids is 2. The van der Waals surface area contributed by atoms with Crippen LogP contribution in [0.15, 0.2) is 48.5 Å². The Hall–Kier alpha value is -2.73. The van der Waals surface area contributed by atoms with Gasteiger partial charge in [-0.2, -0.15) is 0 Å². The fourth-order valence-corrected chi connectivity index (χ4v) is 2.97. The molecule has 1 atom stereocenters. The van der Waals surface area contributed by atoms with Crippen LogP contribution < -0.4 is 14.8 Å². The van der Waals surface area contributed by atoms with Crippen LogP contribution in [0, 0.1) is 0 Å². The second kappa shape index (κ2) is 11.3. The number of hydrogen-bond donors (Lipinski definition) is 1. The molecule has 0 aliphatic heterocycles. The zero-order valence-electron chi connectivity index (χ0n) is 17.0. The van der Waals surface area contributed by atoms with Crippen LogP contribution in [0.4, 0.5) is 0 Å². The lowest BCUT2D eigenvalue weighted by molar-refractivity contribution is -0.140. The van der Waals surface area contributed by atoms with Gasteiger partial charge in [-0.25, -0.2) is 0 Å². The van der Waals surface area contributed by atoms with Crippen molar-refractivity contribution >= 4 is 23.4 Å². The van der Waals surface area contributed by atoms with Crippen molar-refractivity contribution in [3.63, 3.8) is 0 Å². The zero-order valence-corrected chi connectivity index (χ0v) is 17.7.